The zero-order valence-corrected chi connectivity index (χ0v) is 14.1. The summed E-state index contributed by atoms with van der Waals surface area (Å²) in [7, 11) is 1.59. The predicted octanol–water partition coefficient (Wildman–Crippen LogP) is 3.11. The van der Waals surface area contributed by atoms with Gasteiger partial charge in [-0.3, -0.25) is 0 Å². The summed E-state index contributed by atoms with van der Waals surface area (Å²) in [5, 5.41) is 13.6. The Morgan fingerprint density at radius 3 is 2.65 bits per heavy atom. The van der Waals surface area contributed by atoms with E-state index in [1.54, 1.807) is 19.2 Å². The van der Waals surface area contributed by atoms with Gasteiger partial charge >= 0.3 is 0 Å². The van der Waals surface area contributed by atoms with E-state index in [9.17, 15) is 9.65 Å². The molecule has 26 heavy (non-hydrogen) atoms. The highest BCUT2D eigenvalue weighted by Gasteiger charge is 2.17. The lowest BCUT2D eigenvalue weighted by Crippen LogP contribution is -2.06. The van der Waals surface area contributed by atoms with Crippen LogP contribution in [0.1, 0.15) is 16.7 Å². The number of hydrogen-bond acceptors (Lipinski definition) is 5. The first kappa shape index (κ1) is 17.3. The maximum Gasteiger partial charge on any atom is 0.253 e. The Balaban J connectivity index is 1.79. The highest BCUT2D eigenvalue weighted by molar-refractivity contribution is 5.55. The molecule has 0 radical (unpaired) electrons. The molecule has 2 N–H and O–H groups in total. The number of aromatic nitrogens is 2. The van der Waals surface area contributed by atoms with Gasteiger partial charge in [0, 0.05) is 0 Å². The van der Waals surface area contributed by atoms with Crippen LogP contribution in [0.5, 0.6) is 11.6 Å². The summed E-state index contributed by atoms with van der Waals surface area (Å²) < 4.78 is 25.3. The smallest absolute Gasteiger partial charge is 0.253 e. The molecule has 0 saturated heterocycles. The van der Waals surface area contributed by atoms with Crippen molar-refractivity contribution in [2.75, 3.05) is 12.8 Å². The van der Waals surface area contributed by atoms with Crippen molar-refractivity contribution in [3.63, 3.8) is 0 Å². The van der Waals surface area contributed by atoms with Crippen LogP contribution in [0.3, 0.4) is 0 Å². The topological polar surface area (TPSA) is 86.1 Å². The summed E-state index contributed by atoms with van der Waals surface area (Å²) >= 11 is 0. The maximum atomic E-state index is 13.0. The number of rotatable bonds is 6. The number of benzene rings is 2. The van der Waals surface area contributed by atoms with E-state index in [-0.39, 0.29) is 29.7 Å². The first-order chi connectivity index (χ1) is 12.6. The molecule has 0 amide bonds. The molecule has 0 aliphatic heterocycles. The van der Waals surface area contributed by atoms with Crippen LogP contribution in [0.2, 0.25) is 0 Å². The van der Waals surface area contributed by atoms with Gasteiger partial charge in [0.05, 0.1) is 13.7 Å². The lowest BCUT2D eigenvalue weighted by molar-refractivity contribution is 0.288. The number of nitrogen functional groups attached to an aromatic ring is 1. The Bertz CT molecular complexity index is 945. The fourth-order valence-electron chi connectivity index (χ4n) is 2.46. The Hall–Kier alpha value is -3.53. The average Bonchev–Trinajstić information content (AvgIpc) is 2.96. The van der Waals surface area contributed by atoms with Gasteiger partial charge in [0.25, 0.3) is 5.88 Å². The van der Waals surface area contributed by atoms with Crippen molar-refractivity contribution in [1.82, 2.24) is 9.78 Å². The lowest BCUT2D eigenvalue weighted by Gasteiger charge is -2.06. The largest absolute Gasteiger partial charge is 0.497 e. The molecule has 3 rings (SSSR count). The van der Waals surface area contributed by atoms with Crippen LogP contribution in [0, 0.1) is 17.1 Å². The standard InChI is InChI=1S/C19H17FN4O2/c1-25-16-4-2-3-14(9-16)12-26-19-17(10-21)18(22)24(23-19)11-13-5-7-15(20)8-6-13/h2-9H,11-12,22H2,1H3. The minimum Gasteiger partial charge on any atom is -0.497 e. The van der Waals surface area contributed by atoms with E-state index >= 15 is 0 Å². The van der Waals surface area contributed by atoms with Gasteiger partial charge in [-0.05, 0) is 35.4 Å². The fourth-order valence-corrected chi connectivity index (χ4v) is 2.46. The van der Waals surface area contributed by atoms with E-state index in [0.29, 0.717) is 12.3 Å². The number of methoxy groups -OCH3 is 1. The number of hydrogen-bond donors (Lipinski definition) is 1. The van der Waals surface area contributed by atoms with Crippen molar-refractivity contribution < 1.29 is 13.9 Å². The third kappa shape index (κ3) is 3.75. The number of anilines is 1. The normalized spacial score (nSPS) is 10.3. The van der Waals surface area contributed by atoms with E-state index in [2.05, 4.69) is 5.10 Å². The van der Waals surface area contributed by atoms with Crippen molar-refractivity contribution in [2.24, 2.45) is 0 Å². The van der Waals surface area contributed by atoms with Gasteiger partial charge in [-0.1, -0.05) is 24.3 Å². The summed E-state index contributed by atoms with van der Waals surface area (Å²) in [5.41, 5.74) is 7.87. The van der Waals surface area contributed by atoms with E-state index in [0.717, 1.165) is 11.1 Å². The minimum absolute atomic E-state index is 0.162. The number of nitrogens with zero attached hydrogens (tertiary/aromatic N) is 3. The van der Waals surface area contributed by atoms with E-state index < -0.39 is 0 Å². The molecule has 132 valence electrons. The van der Waals surface area contributed by atoms with Crippen molar-refractivity contribution in [3.8, 4) is 17.7 Å². The molecule has 0 aliphatic carbocycles. The van der Waals surface area contributed by atoms with Crippen LogP contribution in [-0.4, -0.2) is 16.9 Å². The maximum absolute atomic E-state index is 13.0. The number of nitrogens with two attached hydrogens (primary N) is 1. The predicted molar refractivity (Wildman–Crippen MR) is 94.2 cm³/mol. The summed E-state index contributed by atoms with van der Waals surface area (Å²) in [6.45, 7) is 0.530. The van der Waals surface area contributed by atoms with Crippen LogP contribution in [0.25, 0.3) is 0 Å². The SMILES string of the molecule is COc1cccc(COc2nn(Cc3ccc(F)cc3)c(N)c2C#N)c1. The average molecular weight is 352 g/mol. The fraction of sp³-hybridized carbons (Fsp3) is 0.158. The van der Waals surface area contributed by atoms with Crippen LogP contribution in [0.15, 0.2) is 48.5 Å². The molecule has 0 unspecified atom stereocenters. The van der Waals surface area contributed by atoms with Crippen LogP contribution < -0.4 is 15.2 Å². The number of halogens is 1. The molecule has 0 atom stereocenters. The van der Waals surface area contributed by atoms with Crippen molar-refractivity contribution in [2.45, 2.75) is 13.2 Å². The lowest BCUT2D eigenvalue weighted by atomic mass is 10.2. The van der Waals surface area contributed by atoms with E-state index in [1.807, 2.05) is 30.3 Å². The number of nitriles is 1. The van der Waals surface area contributed by atoms with Gasteiger partial charge in [0.2, 0.25) is 0 Å². The second-order valence-electron chi connectivity index (χ2n) is 5.60. The summed E-state index contributed by atoms with van der Waals surface area (Å²) in [4.78, 5) is 0. The van der Waals surface area contributed by atoms with Gasteiger partial charge < -0.3 is 15.2 Å². The molecule has 1 heterocycles. The number of ether oxygens (including phenoxy) is 2. The van der Waals surface area contributed by atoms with Crippen LogP contribution >= 0.6 is 0 Å². The van der Waals surface area contributed by atoms with Crippen molar-refractivity contribution in [1.29, 1.82) is 5.26 Å². The van der Waals surface area contributed by atoms with Gasteiger partial charge in [0.1, 0.15) is 30.1 Å². The van der Waals surface area contributed by atoms with Crippen molar-refractivity contribution >= 4 is 5.82 Å². The molecule has 7 heteroatoms. The zero-order chi connectivity index (χ0) is 18.5. The molecule has 0 aliphatic rings. The van der Waals surface area contributed by atoms with Gasteiger partial charge in [0.15, 0.2) is 5.56 Å². The minimum atomic E-state index is -0.317. The molecule has 1 aromatic heterocycles. The van der Waals surface area contributed by atoms with Gasteiger partial charge in [-0.2, -0.15) is 5.26 Å². The van der Waals surface area contributed by atoms with Crippen LogP contribution in [0.4, 0.5) is 10.2 Å². The molecular formula is C19H17FN4O2. The summed E-state index contributed by atoms with van der Waals surface area (Å²) in [6.07, 6.45) is 0. The quantitative estimate of drug-likeness (QED) is 0.737. The summed E-state index contributed by atoms with van der Waals surface area (Å²) in [5.74, 6) is 0.766. The first-order valence-electron chi connectivity index (χ1n) is 7.87. The second-order valence-corrected chi connectivity index (χ2v) is 5.60. The molecule has 3 aromatic rings. The first-order valence-corrected chi connectivity index (χ1v) is 7.87. The van der Waals surface area contributed by atoms with Gasteiger partial charge in [-0.25, -0.2) is 9.07 Å². The molecule has 6 nitrogen and oxygen atoms in total. The molecule has 0 saturated carbocycles. The Kier molecular flexibility index (Phi) is 5.04. The molecule has 0 fully saturated rings. The highest BCUT2D eigenvalue weighted by Crippen LogP contribution is 2.25. The Labute approximate surface area is 150 Å². The van der Waals surface area contributed by atoms with E-state index in [4.69, 9.17) is 15.2 Å². The van der Waals surface area contributed by atoms with Gasteiger partial charge in [-0.15, -0.1) is 5.10 Å². The third-order valence-electron chi connectivity index (χ3n) is 3.83. The zero-order valence-electron chi connectivity index (χ0n) is 14.1. The third-order valence-corrected chi connectivity index (χ3v) is 3.83. The van der Waals surface area contributed by atoms with Crippen LogP contribution in [-0.2, 0) is 13.2 Å². The van der Waals surface area contributed by atoms with Crippen molar-refractivity contribution in [3.05, 3.63) is 71.0 Å². The highest BCUT2D eigenvalue weighted by atomic mass is 19.1. The molecular weight excluding hydrogens is 335 g/mol. The molecule has 0 bridgehead atoms. The molecule has 2 aromatic carbocycles. The van der Waals surface area contributed by atoms with E-state index in [1.165, 1.54) is 16.8 Å². The Morgan fingerprint density at radius 2 is 1.96 bits per heavy atom. The second kappa shape index (κ2) is 7.57. The summed E-state index contributed by atoms with van der Waals surface area (Å²) in [6, 6.07) is 15.4. The monoisotopic (exact) mass is 352 g/mol. The molecule has 0 spiro atoms. The Morgan fingerprint density at radius 1 is 1.19 bits per heavy atom.